The van der Waals surface area contributed by atoms with Gasteiger partial charge in [-0.1, -0.05) is 26.0 Å². The van der Waals surface area contributed by atoms with E-state index in [0.29, 0.717) is 5.75 Å². The summed E-state index contributed by atoms with van der Waals surface area (Å²) < 4.78 is 5.28. The largest absolute Gasteiger partial charge is 0.482 e. The summed E-state index contributed by atoms with van der Waals surface area (Å²) in [5, 5.41) is 8.82. The highest BCUT2D eigenvalue weighted by molar-refractivity contribution is 5.78. The second-order valence-corrected chi connectivity index (χ2v) is 7.49. The molecule has 0 radical (unpaired) electrons. The van der Waals surface area contributed by atoms with Crippen LogP contribution >= 0.6 is 0 Å². The van der Waals surface area contributed by atoms with Crippen molar-refractivity contribution in [3.63, 3.8) is 0 Å². The third kappa shape index (κ3) is 6.44. The molecule has 2 aromatic heterocycles. The molecule has 3 N–H and O–H groups in total. The van der Waals surface area contributed by atoms with E-state index < -0.39 is 5.97 Å². The van der Waals surface area contributed by atoms with Crippen LogP contribution in [-0.4, -0.2) is 53.2 Å². The van der Waals surface area contributed by atoms with Gasteiger partial charge in [0, 0.05) is 36.9 Å². The van der Waals surface area contributed by atoms with Crippen LogP contribution in [0.4, 0.5) is 0 Å². The molecule has 0 saturated heterocycles. The second-order valence-electron chi connectivity index (χ2n) is 7.49. The number of aliphatic imine (C=N–C) groups is 2. The smallest absolute Gasteiger partial charge is 0.341 e. The first-order valence-corrected chi connectivity index (χ1v) is 10.9. The maximum atomic E-state index is 10.8. The third-order valence-electron chi connectivity index (χ3n) is 4.83. The van der Waals surface area contributed by atoms with E-state index in [1.807, 2.05) is 36.7 Å². The standard InChI is InChI=1S/C25H30N4O3/c1-3-13-26-15-19-7-11-22(28-19)25(23-12-8-20(29-23)16-27-14-4-2)18-5-9-21(10-6-18)32-17-24(30)31/h5-12,15-16,25,28-29H,3-4,13-14,17H2,1-2H3,(H,30,31). The Balaban J connectivity index is 1.90. The molecule has 0 aliphatic rings. The highest BCUT2D eigenvalue weighted by atomic mass is 16.5. The van der Waals surface area contributed by atoms with Crippen molar-refractivity contribution < 1.29 is 14.6 Å². The number of carbonyl (C=O) groups is 1. The Labute approximate surface area is 188 Å². The van der Waals surface area contributed by atoms with E-state index in [1.54, 1.807) is 12.1 Å². The van der Waals surface area contributed by atoms with Gasteiger partial charge in [-0.05, 0) is 54.8 Å². The summed E-state index contributed by atoms with van der Waals surface area (Å²) in [5.41, 5.74) is 5.01. The van der Waals surface area contributed by atoms with Crippen LogP contribution in [0.15, 0.2) is 58.5 Å². The first-order valence-electron chi connectivity index (χ1n) is 10.9. The van der Waals surface area contributed by atoms with Crippen LogP contribution < -0.4 is 4.74 Å². The van der Waals surface area contributed by atoms with Gasteiger partial charge in [0.2, 0.25) is 0 Å². The molecule has 0 unspecified atom stereocenters. The minimum atomic E-state index is -1.00. The first kappa shape index (κ1) is 23.1. The molecule has 1 aromatic carbocycles. The number of benzene rings is 1. The topological polar surface area (TPSA) is 103 Å². The van der Waals surface area contributed by atoms with Crippen molar-refractivity contribution in [2.45, 2.75) is 32.6 Å². The Hall–Kier alpha value is -3.61. The number of hydrogen-bond donors (Lipinski definition) is 3. The zero-order valence-corrected chi connectivity index (χ0v) is 18.5. The summed E-state index contributed by atoms with van der Waals surface area (Å²) in [4.78, 5) is 26.6. The highest BCUT2D eigenvalue weighted by Crippen LogP contribution is 2.32. The maximum Gasteiger partial charge on any atom is 0.341 e. The molecule has 32 heavy (non-hydrogen) atoms. The zero-order valence-electron chi connectivity index (χ0n) is 18.5. The minimum Gasteiger partial charge on any atom is -0.482 e. The Morgan fingerprint density at radius 3 is 1.91 bits per heavy atom. The molecule has 2 heterocycles. The van der Waals surface area contributed by atoms with Gasteiger partial charge in [-0.2, -0.15) is 0 Å². The lowest BCUT2D eigenvalue weighted by molar-refractivity contribution is -0.139. The number of rotatable bonds is 12. The van der Waals surface area contributed by atoms with Crippen LogP contribution in [0.1, 0.15) is 60.9 Å². The van der Waals surface area contributed by atoms with Crippen molar-refractivity contribution >= 4 is 18.4 Å². The number of carboxylic acids is 1. The average Bonchev–Trinajstić information content (AvgIpc) is 3.44. The number of ether oxygens (including phenoxy) is 1. The van der Waals surface area contributed by atoms with Gasteiger partial charge in [0.25, 0.3) is 0 Å². The lowest BCUT2D eigenvalue weighted by Gasteiger charge is -2.16. The van der Waals surface area contributed by atoms with Gasteiger partial charge in [0.05, 0.1) is 17.3 Å². The lowest BCUT2D eigenvalue weighted by atomic mass is 9.92. The van der Waals surface area contributed by atoms with Gasteiger partial charge in [-0.25, -0.2) is 4.79 Å². The van der Waals surface area contributed by atoms with Gasteiger partial charge in [-0.3, -0.25) is 9.98 Å². The van der Waals surface area contributed by atoms with Crippen molar-refractivity contribution in [2.24, 2.45) is 9.98 Å². The lowest BCUT2D eigenvalue weighted by Crippen LogP contribution is -2.09. The fourth-order valence-electron chi connectivity index (χ4n) is 3.36. The summed E-state index contributed by atoms with van der Waals surface area (Å²) in [6, 6.07) is 15.7. The number of nitrogens with zero attached hydrogens (tertiary/aromatic N) is 2. The monoisotopic (exact) mass is 434 g/mol. The molecule has 0 atom stereocenters. The van der Waals surface area contributed by atoms with E-state index in [4.69, 9.17) is 9.84 Å². The fraction of sp³-hybridized carbons (Fsp3) is 0.320. The zero-order chi connectivity index (χ0) is 22.8. The number of hydrogen-bond acceptors (Lipinski definition) is 4. The molecule has 0 aliphatic heterocycles. The van der Waals surface area contributed by atoms with E-state index in [-0.39, 0.29) is 12.5 Å². The number of carboxylic acid groups (broad SMARTS) is 1. The molecule has 0 fully saturated rings. The van der Waals surface area contributed by atoms with Gasteiger partial charge in [0.1, 0.15) is 5.75 Å². The van der Waals surface area contributed by atoms with Crippen molar-refractivity contribution in [3.8, 4) is 5.75 Å². The Morgan fingerprint density at radius 2 is 1.44 bits per heavy atom. The molecule has 0 aliphatic carbocycles. The normalized spacial score (nSPS) is 12.6. The van der Waals surface area contributed by atoms with E-state index >= 15 is 0 Å². The fourth-order valence-corrected chi connectivity index (χ4v) is 3.36. The molecule has 0 spiro atoms. The number of aromatic nitrogens is 2. The van der Waals surface area contributed by atoms with Crippen LogP contribution in [-0.2, 0) is 4.79 Å². The summed E-state index contributed by atoms with van der Waals surface area (Å²) in [6.07, 6.45) is 5.75. The summed E-state index contributed by atoms with van der Waals surface area (Å²) in [6.45, 7) is 5.43. The number of aliphatic carboxylic acids is 1. The Morgan fingerprint density at radius 1 is 0.906 bits per heavy atom. The number of nitrogens with one attached hydrogen (secondary N) is 2. The minimum absolute atomic E-state index is 0.0647. The highest BCUT2D eigenvalue weighted by Gasteiger charge is 2.20. The number of H-pyrrole nitrogens is 2. The number of aromatic amines is 2. The van der Waals surface area contributed by atoms with Crippen molar-refractivity contribution in [2.75, 3.05) is 19.7 Å². The Kier molecular flexibility index (Phi) is 8.43. The molecular formula is C25H30N4O3. The summed E-state index contributed by atoms with van der Waals surface area (Å²) in [7, 11) is 0. The van der Waals surface area contributed by atoms with Gasteiger partial charge >= 0.3 is 5.97 Å². The third-order valence-corrected chi connectivity index (χ3v) is 4.83. The Bertz CT molecular complexity index is 993. The predicted molar refractivity (Wildman–Crippen MR) is 128 cm³/mol. The predicted octanol–water partition coefficient (Wildman–Crippen LogP) is 4.64. The average molecular weight is 435 g/mol. The molecule has 3 aromatic rings. The maximum absolute atomic E-state index is 10.8. The summed E-state index contributed by atoms with van der Waals surface area (Å²) >= 11 is 0. The SMILES string of the molecule is CCCN=Cc1ccc(C(c2ccc(OCC(=O)O)cc2)c2ccc(C=NCCC)[nH]2)[nH]1. The molecule has 0 saturated carbocycles. The van der Waals surface area contributed by atoms with Crippen molar-refractivity contribution in [1.82, 2.24) is 9.97 Å². The van der Waals surface area contributed by atoms with Gasteiger partial charge < -0.3 is 19.8 Å². The second kappa shape index (κ2) is 11.7. The van der Waals surface area contributed by atoms with Gasteiger partial charge in [-0.15, -0.1) is 0 Å². The van der Waals surface area contributed by atoms with Crippen LogP contribution in [0.2, 0.25) is 0 Å². The molecule has 7 heteroatoms. The van der Waals surface area contributed by atoms with Crippen LogP contribution in [0.5, 0.6) is 5.75 Å². The summed E-state index contributed by atoms with van der Waals surface area (Å²) in [5.74, 6) is -0.544. The van der Waals surface area contributed by atoms with E-state index in [9.17, 15) is 4.79 Å². The van der Waals surface area contributed by atoms with E-state index in [0.717, 1.165) is 54.3 Å². The molecule has 7 nitrogen and oxygen atoms in total. The molecule has 168 valence electrons. The van der Waals surface area contributed by atoms with Crippen molar-refractivity contribution in [3.05, 3.63) is 76.9 Å². The quantitative estimate of drug-likeness (QED) is 0.362. The molecule has 0 bridgehead atoms. The van der Waals surface area contributed by atoms with Crippen LogP contribution in [0.25, 0.3) is 0 Å². The molecule has 0 amide bonds. The van der Waals surface area contributed by atoms with Gasteiger partial charge in [0.15, 0.2) is 6.61 Å². The first-order chi connectivity index (χ1) is 15.6. The van der Waals surface area contributed by atoms with E-state index in [2.05, 4.69) is 45.9 Å². The van der Waals surface area contributed by atoms with E-state index in [1.165, 1.54) is 0 Å². The van der Waals surface area contributed by atoms with Crippen LogP contribution in [0, 0.1) is 0 Å². The molecule has 3 rings (SSSR count). The molecular weight excluding hydrogens is 404 g/mol. The van der Waals surface area contributed by atoms with Crippen molar-refractivity contribution in [1.29, 1.82) is 0 Å². The van der Waals surface area contributed by atoms with Crippen LogP contribution in [0.3, 0.4) is 0 Å².